The Balaban J connectivity index is 2.95. The van der Waals surface area contributed by atoms with Crippen LogP contribution in [0, 0.1) is 0 Å². The molecule has 0 unspecified atom stereocenters. The molecule has 0 saturated carbocycles. The summed E-state index contributed by atoms with van der Waals surface area (Å²) in [5.41, 5.74) is 4.42. The Morgan fingerprint density at radius 1 is 1.40 bits per heavy atom. The van der Waals surface area contributed by atoms with Crippen molar-refractivity contribution in [3.63, 3.8) is 0 Å². The molecule has 15 heavy (non-hydrogen) atoms. The fourth-order valence-electron chi connectivity index (χ4n) is 0.914. The maximum absolute atomic E-state index is 12.3. The van der Waals surface area contributed by atoms with Gasteiger partial charge in [0.1, 0.15) is 5.82 Å². The fraction of sp³-hybridized carbons (Fsp3) is 0.375. The number of hydrogen-bond acceptors (Lipinski definition) is 4. The molecular formula is C8H9F3N2OS. The Morgan fingerprint density at radius 2 is 2.07 bits per heavy atom. The van der Waals surface area contributed by atoms with Crippen molar-refractivity contribution < 1.29 is 18.3 Å². The summed E-state index contributed by atoms with van der Waals surface area (Å²) in [4.78, 5) is 3.71. The molecule has 1 heterocycles. The van der Waals surface area contributed by atoms with Crippen LogP contribution in [0.2, 0.25) is 0 Å². The number of nitrogen functional groups attached to an aromatic ring is 1. The molecule has 0 aliphatic heterocycles. The second kappa shape index (κ2) is 4.71. The summed E-state index contributed by atoms with van der Waals surface area (Å²) < 4.78 is 37.0. The lowest BCUT2D eigenvalue weighted by atomic mass is 10.2. The summed E-state index contributed by atoms with van der Waals surface area (Å²) in [5, 5.41) is 8.69. The molecule has 0 atom stereocenters. The summed E-state index contributed by atoms with van der Waals surface area (Å²) in [6.07, 6.45) is -4.43. The third-order valence-corrected chi connectivity index (χ3v) is 2.38. The average Bonchev–Trinajstić information content (AvgIpc) is 2.12. The van der Waals surface area contributed by atoms with E-state index in [0.717, 1.165) is 23.9 Å². The maximum Gasteiger partial charge on any atom is 0.416 e. The van der Waals surface area contributed by atoms with E-state index >= 15 is 0 Å². The van der Waals surface area contributed by atoms with Gasteiger partial charge in [-0.15, -0.1) is 11.8 Å². The standard InChI is InChI=1S/C8H9F3N2OS/c9-8(10,11)5-3-6(12)13-7(4-5)15-2-1-14/h3-4,14H,1-2H2,(H2,12,13). The van der Waals surface area contributed by atoms with Gasteiger partial charge >= 0.3 is 6.18 Å². The molecule has 0 spiro atoms. The van der Waals surface area contributed by atoms with E-state index in [1.54, 1.807) is 0 Å². The van der Waals surface area contributed by atoms with Gasteiger partial charge in [0, 0.05) is 5.75 Å². The molecule has 1 aromatic rings. The number of aliphatic hydroxyl groups excluding tert-OH is 1. The molecule has 0 aromatic carbocycles. The molecule has 0 aliphatic carbocycles. The van der Waals surface area contributed by atoms with Crippen LogP contribution in [-0.4, -0.2) is 22.5 Å². The van der Waals surface area contributed by atoms with Crippen LogP contribution in [0.1, 0.15) is 5.56 Å². The van der Waals surface area contributed by atoms with E-state index in [9.17, 15) is 13.2 Å². The number of hydrogen-bond donors (Lipinski definition) is 2. The van der Waals surface area contributed by atoms with Gasteiger partial charge in [0.05, 0.1) is 17.2 Å². The minimum absolute atomic E-state index is 0.123. The second-order valence-corrected chi connectivity index (χ2v) is 3.80. The number of pyridine rings is 1. The number of anilines is 1. The predicted molar refractivity (Wildman–Crippen MR) is 51.5 cm³/mol. The topological polar surface area (TPSA) is 59.1 Å². The largest absolute Gasteiger partial charge is 0.416 e. The monoisotopic (exact) mass is 238 g/mol. The lowest BCUT2D eigenvalue weighted by molar-refractivity contribution is -0.137. The lowest BCUT2D eigenvalue weighted by Gasteiger charge is -2.08. The molecule has 1 aromatic heterocycles. The normalized spacial score (nSPS) is 11.7. The van der Waals surface area contributed by atoms with Crippen LogP contribution in [-0.2, 0) is 6.18 Å². The van der Waals surface area contributed by atoms with Gasteiger partial charge in [-0.3, -0.25) is 0 Å². The van der Waals surface area contributed by atoms with Crippen molar-refractivity contribution in [2.24, 2.45) is 0 Å². The molecule has 0 amide bonds. The first-order valence-corrected chi connectivity index (χ1v) is 5.00. The van der Waals surface area contributed by atoms with Gasteiger partial charge in [-0.25, -0.2) is 4.98 Å². The minimum atomic E-state index is -4.43. The number of aliphatic hydroxyl groups is 1. The zero-order valence-electron chi connectivity index (χ0n) is 7.58. The van der Waals surface area contributed by atoms with E-state index in [1.165, 1.54) is 0 Å². The van der Waals surface area contributed by atoms with Crippen LogP contribution in [0.15, 0.2) is 17.2 Å². The van der Waals surface area contributed by atoms with Crippen molar-refractivity contribution in [3.05, 3.63) is 17.7 Å². The van der Waals surface area contributed by atoms with Crippen LogP contribution >= 0.6 is 11.8 Å². The van der Waals surface area contributed by atoms with Crippen LogP contribution in [0.4, 0.5) is 19.0 Å². The number of nitrogens with zero attached hydrogens (tertiary/aromatic N) is 1. The van der Waals surface area contributed by atoms with Crippen molar-refractivity contribution in [2.75, 3.05) is 18.1 Å². The van der Waals surface area contributed by atoms with E-state index in [0.29, 0.717) is 0 Å². The highest BCUT2D eigenvalue weighted by molar-refractivity contribution is 7.99. The molecule has 0 fully saturated rings. The van der Waals surface area contributed by atoms with Crippen molar-refractivity contribution >= 4 is 17.6 Å². The number of thioether (sulfide) groups is 1. The molecule has 0 aliphatic rings. The number of nitrogens with two attached hydrogens (primary N) is 1. The number of aromatic nitrogens is 1. The molecule has 0 saturated heterocycles. The third kappa shape index (κ3) is 3.60. The Bertz CT molecular complexity index is 343. The number of halogens is 3. The molecule has 0 bridgehead atoms. The highest BCUT2D eigenvalue weighted by Gasteiger charge is 2.31. The Kier molecular flexibility index (Phi) is 3.81. The van der Waals surface area contributed by atoms with E-state index in [1.807, 2.05) is 0 Å². The van der Waals surface area contributed by atoms with Gasteiger partial charge < -0.3 is 10.8 Å². The summed E-state index contributed by atoms with van der Waals surface area (Å²) in [7, 11) is 0. The van der Waals surface area contributed by atoms with E-state index in [4.69, 9.17) is 10.8 Å². The van der Waals surface area contributed by atoms with Gasteiger partial charge in [0.15, 0.2) is 0 Å². The van der Waals surface area contributed by atoms with E-state index in [2.05, 4.69) is 4.98 Å². The van der Waals surface area contributed by atoms with E-state index in [-0.39, 0.29) is 23.2 Å². The Labute approximate surface area is 88.5 Å². The molecule has 84 valence electrons. The van der Waals surface area contributed by atoms with Crippen LogP contribution in [0.25, 0.3) is 0 Å². The quantitative estimate of drug-likeness (QED) is 0.788. The molecule has 7 heteroatoms. The van der Waals surface area contributed by atoms with Crippen LogP contribution < -0.4 is 5.73 Å². The maximum atomic E-state index is 12.3. The van der Waals surface area contributed by atoms with Gasteiger partial charge in [-0.1, -0.05) is 0 Å². The predicted octanol–water partition coefficient (Wildman–Crippen LogP) is 1.77. The van der Waals surface area contributed by atoms with Gasteiger partial charge in [-0.2, -0.15) is 13.2 Å². The Morgan fingerprint density at radius 3 is 2.60 bits per heavy atom. The van der Waals surface area contributed by atoms with Crippen LogP contribution in [0.5, 0.6) is 0 Å². The first kappa shape index (κ1) is 12.1. The van der Waals surface area contributed by atoms with E-state index < -0.39 is 11.7 Å². The van der Waals surface area contributed by atoms with Crippen LogP contribution in [0.3, 0.4) is 0 Å². The van der Waals surface area contributed by atoms with Crippen molar-refractivity contribution in [3.8, 4) is 0 Å². The first-order chi connectivity index (χ1) is 6.93. The number of alkyl halides is 3. The van der Waals surface area contributed by atoms with Crippen molar-refractivity contribution in [1.82, 2.24) is 4.98 Å². The molecular weight excluding hydrogens is 229 g/mol. The minimum Gasteiger partial charge on any atom is -0.396 e. The molecule has 3 nitrogen and oxygen atoms in total. The fourth-order valence-corrected chi connectivity index (χ4v) is 1.59. The summed E-state index contributed by atoms with van der Waals surface area (Å²) >= 11 is 1.02. The van der Waals surface area contributed by atoms with Crippen molar-refractivity contribution in [1.29, 1.82) is 0 Å². The SMILES string of the molecule is Nc1cc(C(F)(F)F)cc(SCCO)n1. The Hall–Kier alpha value is -0.950. The summed E-state index contributed by atoms with van der Waals surface area (Å²) in [6.45, 7) is -0.123. The lowest BCUT2D eigenvalue weighted by Crippen LogP contribution is -2.07. The zero-order valence-corrected chi connectivity index (χ0v) is 8.40. The van der Waals surface area contributed by atoms with Crippen molar-refractivity contribution in [2.45, 2.75) is 11.2 Å². The average molecular weight is 238 g/mol. The van der Waals surface area contributed by atoms with Gasteiger partial charge in [-0.05, 0) is 12.1 Å². The zero-order chi connectivity index (χ0) is 11.5. The molecule has 1 rings (SSSR count). The second-order valence-electron chi connectivity index (χ2n) is 2.69. The van der Waals surface area contributed by atoms with Gasteiger partial charge in [0.2, 0.25) is 0 Å². The summed E-state index contributed by atoms with van der Waals surface area (Å²) in [6, 6.07) is 1.69. The molecule has 3 N–H and O–H groups in total. The smallest absolute Gasteiger partial charge is 0.396 e. The first-order valence-electron chi connectivity index (χ1n) is 4.02. The molecule has 0 radical (unpaired) electrons. The van der Waals surface area contributed by atoms with Gasteiger partial charge in [0.25, 0.3) is 0 Å². The highest BCUT2D eigenvalue weighted by atomic mass is 32.2. The highest BCUT2D eigenvalue weighted by Crippen LogP contribution is 2.32. The number of rotatable bonds is 3. The summed E-state index contributed by atoms with van der Waals surface area (Å²) in [5.74, 6) is 0.110. The third-order valence-electron chi connectivity index (χ3n) is 1.49.